The number of nitrogens with zero attached hydrogens (tertiary/aromatic N) is 1. The Morgan fingerprint density at radius 3 is 2.34 bits per heavy atom. The molecule has 0 unspecified atom stereocenters. The van der Waals surface area contributed by atoms with E-state index in [1.165, 1.54) is 16.3 Å². The molecule has 5 rings (SSSR count). The molecule has 0 aliphatic rings. The zero-order chi connectivity index (χ0) is 24.6. The van der Waals surface area contributed by atoms with E-state index in [0.717, 1.165) is 46.3 Å². The minimum atomic E-state index is -4.34. The van der Waals surface area contributed by atoms with Gasteiger partial charge in [0, 0.05) is 41.8 Å². The third-order valence-corrected chi connectivity index (χ3v) is 6.71. The predicted octanol–water partition coefficient (Wildman–Crippen LogP) is 8.35. The van der Waals surface area contributed by atoms with Gasteiger partial charge in [0.1, 0.15) is 0 Å². The van der Waals surface area contributed by atoms with Crippen molar-refractivity contribution in [2.75, 3.05) is 0 Å². The number of hydrogen-bond donors (Lipinski definition) is 1. The Morgan fingerprint density at radius 1 is 0.857 bits per heavy atom. The van der Waals surface area contributed by atoms with Gasteiger partial charge in [0.15, 0.2) is 0 Å². The molecule has 0 spiro atoms. The summed E-state index contributed by atoms with van der Waals surface area (Å²) in [6.07, 6.45) is -2.31. The maximum Gasteiger partial charge on any atom is 0.416 e. The van der Waals surface area contributed by atoms with Crippen molar-refractivity contribution in [2.24, 2.45) is 0 Å². The van der Waals surface area contributed by atoms with Gasteiger partial charge in [-0.3, -0.25) is 0 Å². The molecule has 2 nitrogen and oxygen atoms in total. The van der Waals surface area contributed by atoms with Crippen molar-refractivity contribution in [3.63, 3.8) is 0 Å². The second-order valence-corrected chi connectivity index (χ2v) is 8.93. The first-order valence-electron chi connectivity index (χ1n) is 11.9. The highest BCUT2D eigenvalue weighted by Gasteiger charge is 2.30. The molecule has 4 aromatic carbocycles. The Balaban J connectivity index is 1.44. The molecule has 1 aromatic heterocycles. The van der Waals surface area contributed by atoms with Crippen molar-refractivity contribution in [3.05, 3.63) is 108 Å². The lowest BCUT2D eigenvalue weighted by molar-refractivity contribution is -0.137. The largest absolute Gasteiger partial charge is 0.416 e. The van der Waals surface area contributed by atoms with Gasteiger partial charge in [-0.1, -0.05) is 60.7 Å². The summed E-state index contributed by atoms with van der Waals surface area (Å²) in [5.41, 5.74) is 4.56. The van der Waals surface area contributed by atoms with E-state index in [9.17, 15) is 13.2 Å². The fourth-order valence-electron chi connectivity index (χ4n) is 4.79. The topological polar surface area (TPSA) is 17.0 Å². The van der Waals surface area contributed by atoms with Crippen LogP contribution >= 0.6 is 0 Å². The van der Waals surface area contributed by atoms with E-state index in [0.29, 0.717) is 6.54 Å². The molecule has 0 aliphatic heterocycles. The number of nitrogens with one attached hydrogen (secondary N) is 1. The van der Waals surface area contributed by atoms with E-state index in [1.54, 1.807) is 12.1 Å². The SMILES string of the molecule is CCn1cc(-c2ccc(C(F)(F)F)cc2)c2cc(CN[C@H](C)c3cccc4ccccc34)ccc21. The van der Waals surface area contributed by atoms with Gasteiger partial charge in [-0.15, -0.1) is 0 Å². The summed E-state index contributed by atoms with van der Waals surface area (Å²) < 4.78 is 41.2. The molecule has 0 saturated carbocycles. The van der Waals surface area contributed by atoms with E-state index in [-0.39, 0.29) is 6.04 Å². The van der Waals surface area contributed by atoms with Gasteiger partial charge in [-0.25, -0.2) is 0 Å². The first-order valence-corrected chi connectivity index (χ1v) is 11.9. The third kappa shape index (κ3) is 4.56. The van der Waals surface area contributed by atoms with E-state index >= 15 is 0 Å². The Labute approximate surface area is 203 Å². The molecule has 178 valence electrons. The van der Waals surface area contributed by atoms with Crippen LogP contribution in [0.3, 0.4) is 0 Å². The van der Waals surface area contributed by atoms with Crippen molar-refractivity contribution >= 4 is 21.7 Å². The van der Waals surface area contributed by atoms with Crippen LogP contribution in [-0.2, 0) is 19.3 Å². The summed E-state index contributed by atoms with van der Waals surface area (Å²) in [4.78, 5) is 0. The average molecular weight is 473 g/mol. The van der Waals surface area contributed by atoms with Crippen LogP contribution in [0.1, 0.15) is 36.6 Å². The molecule has 0 saturated heterocycles. The Bertz CT molecular complexity index is 1470. The van der Waals surface area contributed by atoms with Crippen molar-refractivity contribution < 1.29 is 13.2 Å². The highest BCUT2D eigenvalue weighted by molar-refractivity contribution is 5.96. The predicted molar refractivity (Wildman–Crippen MR) is 137 cm³/mol. The van der Waals surface area contributed by atoms with Crippen molar-refractivity contribution in [3.8, 4) is 11.1 Å². The molecule has 5 aromatic rings. The van der Waals surface area contributed by atoms with E-state index in [1.807, 2.05) is 6.20 Å². The Kier molecular flexibility index (Phi) is 6.12. The highest BCUT2D eigenvalue weighted by atomic mass is 19.4. The molecular weight excluding hydrogens is 445 g/mol. The van der Waals surface area contributed by atoms with Crippen LogP contribution in [0.25, 0.3) is 32.8 Å². The summed E-state index contributed by atoms with van der Waals surface area (Å²) in [6, 6.07) is 26.7. The molecule has 0 amide bonds. The van der Waals surface area contributed by atoms with Gasteiger partial charge >= 0.3 is 6.18 Å². The third-order valence-electron chi connectivity index (χ3n) is 6.71. The van der Waals surface area contributed by atoms with Gasteiger partial charge in [0.25, 0.3) is 0 Å². The number of alkyl halides is 3. The fraction of sp³-hybridized carbons (Fsp3) is 0.200. The van der Waals surface area contributed by atoms with Gasteiger partial charge in [-0.2, -0.15) is 13.2 Å². The molecule has 1 N–H and O–H groups in total. The van der Waals surface area contributed by atoms with Crippen LogP contribution in [0.2, 0.25) is 0 Å². The zero-order valence-electron chi connectivity index (χ0n) is 19.7. The number of benzene rings is 4. The van der Waals surface area contributed by atoms with Crippen LogP contribution in [0.15, 0.2) is 91.1 Å². The minimum absolute atomic E-state index is 0.159. The Morgan fingerprint density at radius 2 is 1.60 bits per heavy atom. The first-order chi connectivity index (χ1) is 16.8. The normalized spacial score (nSPS) is 12.9. The van der Waals surface area contributed by atoms with Gasteiger partial charge in [0.05, 0.1) is 5.56 Å². The summed E-state index contributed by atoms with van der Waals surface area (Å²) >= 11 is 0. The number of aromatic nitrogens is 1. The number of hydrogen-bond acceptors (Lipinski definition) is 1. The maximum absolute atomic E-state index is 13.0. The van der Waals surface area contributed by atoms with Crippen LogP contribution in [0, 0.1) is 0 Å². The minimum Gasteiger partial charge on any atom is -0.347 e. The summed E-state index contributed by atoms with van der Waals surface area (Å²) in [5.74, 6) is 0. The molecule has 0 bridgehead atoms. The fourth-order valence-corrected chi connectivity index (χ4v) is 4.79. The van der Waals surface area contributed by atoms with E-state index < -0.39 is 11.7 Å². The summed E-state index contributed by atoms with van der Waals surface area (Å²) in [5, 5.41) is 7.16. The molecule has 1 heterocycles. The lowest BCUT2D eigenvalue weighted by atomic mass is 9.99. The van der Waals surface area contributed by atoms with Crippen molar-refractivity contribution in [2.45, 2.75) is 39.2 Å². The number of aryl methyl sites for hydroxylation is 1. The quantitative estimate of drug-likeness (QED) is 0.263. The lowest BCUT2D eigenvalue weighted by Crippen LogP contribution is -2.18. The molecule has 35 heavy (non-hydrogen) atoms. The summed E-state index contributed by atoms with van der Waals surface area (Å²) in [6.45, 7) is 5.70. The van der Waals surface area contributed by atoms with Crippen molar-refractivity contribution in [1.82, 2.24) is 9.88 Å². The summed E-state index contributed by atoms with van der Waals surface area (Å²) in [7, 11) is 0. The van der Waals surface area contributed by atoms with Gasteiger partial charge in [-0.05, 0) is 65.6 Å². The molecule has 0 radical (unpaired) electrons. The van der Waals surface area contributed by atoms with E-state index in [2.05, 4.69) is 84.4 Å². The van der Waals surface area contributed by atoms with Crippen LogP contribution in [0.4, 0.5) is 13.2 Å². The van der Waals surface area contributed by atoms with Gasteiger partial charge in [0.2, 0.25) is 0 Å². The van der Waals surface area contributed by atoms with E-state index in [4.69, 9.17) is 0 Å². The molecule has 0 aliphatic carbocycles. The smallest absolute Gasteiger partial charge is 0.347 e. The highest BCUT2D eigenvalue weighted by Crippen LogP contribution is 2.35. The zero-order valence-corrected chi connectivity index (χ0v) is 19.7. The molecule has 1 atom stereocenters. The second-order valence-electron chi connectivity index (χ2n) is 8.93. The standard InChI is InChI=1S/C30H27F3N2/c1-3-35-19-28(23-12-14-24(15-13-23)30(31,32)33)27-17-21(11-16-29(27)35)18-34-20(2)25-10-6-8-22-7-4-5-9-26(22)25/h4-17,19-20,34H,3,18H2,1-2H3/t20-/m1/s1. The number of halogens is 3. The molecular formula is C30H27F3N2. The molecule has 0 fully saturated rings. The van der Waals surface area contributed by atoms with Gasteiger partial charge < -0.3 is 9.88 Å². The van der Waals surface area contributed by atoms with Crippen molar-refractivity contribution in [1.29, 1.82) is 0 Å². The first kappa shape index (κ1) is 23.2. The lowest BCUT2D eigenvalue weighted by Gasteiger charge is -2.17. The van der Waals surface area contributed by atoms with Crippen LogP contribution in [0.5, 0.6) is 0 Å². The van der Waals surface area contributed by atoms with Crippen LogP contribution < -0.4 is 5.32 Å². The monoisotopic (exact) mass is 472 g/mol. The Hall–Kier alpha value is -3.57. The number of fused-ring (bicyclic) bond motifs is 2. The average Bonchev–Trinajstić information content (AvgIpc) is 3.24. The number of rotatable bonds is 6. The second kappa shape index (κ2) is 9.23. The molecule has 5 heteroatoms. The maximum atomic E-state index is 13.0. The van der Waals surface area contributed by atoms with Crippen LogP contribution in [-0.4, -0.2) is 4.57 Å².